The maximum atomic E-state index is 11.8. The Morgan fingerprint density at radius 1 is 1.40 bits per heavy atom. The molecular formula is C14H22N4O2. The molecule has 1 fully saturated rings. The third-order valence-electron chi connectivity index (χ3n) is 3.57. The number of rotatable bonds is 5. The van der Waals surface area contributed by atoms with E-state index in [0.717, 1.165) is 24.8 Å². The van der Waals surface area contributed by atoms with Crippen LogP contribution in [0.15, 0.2) is 12.4 Å². The first-order valence-electron chi connectivity index (χ1n) is 7.05. The van der Waals surface area contributed by atoms with E-state index < -0.39 is 0 Å². The minimum absolute atomic E-state index is 0.214. The highest BCUT2D eigenvalue weighted by molar-refractivity contribution is 5.91. The number of hydrogen-bond donors (Lipinski definition) is 1. The highest BCUT2D eigenvalue weighted by Crippen LogP contribution is 2.20. The summed E-state index contributed by atoms with van der Waals surface area (Å²) in [6, 6.07) is 0. The molecule has 0 spiro atoms. The fraction of sp³-hybridized carbons (Fsp3) is 0.643. The van der Waals surface area contributed by atoms with Gasteiger partial charge in [-0.1, -0.05) is 6.92 Å². The van der Waals surface area contributed by atoms with Gasteiger partial charge in [0.25, 0.3) is 5.91 Å². The first-order valence-corrected chi connectivity index (χ1v) is 7.05. The maximum Gasteiger partial charge on any atom is 0.271 e. The van der Waals surface area contributed by atoms with Crippen molar-refractivity contribution in [2.75, 3.05) is 38.3 Å². The predicted molar refractivity (Wildman–Crippen MR) is 76.9 cm³/mol. The molecule has 1 N–H and O–H groups in total. The molecule has 20 heavy (non-hydrogen) atoms. The van der Waals surface area contributed by atoms with Gasteiger partial charge in [-0.2, -0.15) is 0 Å². The van der Waals surface area contributed by atoms with Crippen LogP contribution in [0.4, 0.5) is 5.82 Å². The van der Waals surface area contributed by atoms with E-state index in [4.69, 9.17) is 4.74 Å². The summed E-state index contributed by atoms with van der Waals surface area (Å²) >= 11 is 0. The summed E-state index contributed by atoms with van der Waals surface area (Å²) in [5.41, 5.74) is 0.343. The van der Waals surface area contributed by atoms with Crippen LogP contribution in [0.2, 0.25) is 0 Å². The zero-order valence-corrected chi connectivity index (χ0v) is 12.1. The number of piperidine rings is 1. The van der Waals surface area contributed by atoms with E-state index in [1.165, 1.54) is 19.0 Å². The van der Waals surface area contributed by atoms with Crippen LogP contribution in [0.1, 0.15) is 30.3 Å². The molecule has 110 valence electrons. The molecule has 1 aliphatic rings. The number of hydrogen-bond acceptors (Lipinski definition) is 5. The van der Waals surface area contributed by atoms with Gasteiger partial charge in [-0.3, -0.25) is 4.79 Å². The topological polar surface area (TPSA) is 67.3 Å². The van der Waals surface area contributed by atoms with E-state index in [1.807, 2.05) is 0 Å². The van der Waals surface area contributed by atoms with E-state index in [0.29, 0.717) is 18.8 Å². The summed E-state index contributed by atoms with van der Waals surface area (Å²) in [6.07, 6.45) is 5.58. The summed E-state index contributed by atoms with van der Waals surface area (Å²) in [6.45, 7) is 5.26. The van der Waals surface area contributed by atoms with Gasteiger partial charge in [0.05, 0.1) is 19.0 Å². The molecule has 1 saturated heterocycles. The van der Waals surface area contributed by atoms with Crippen LogP contribution in [0.3, 0.4) is 0 Å². The van der Waals surface area contributed by atoms with Crippen molar-refractivity contribution in [1.82, 2.24) is 15.3 Å². The van der Waals surface area contributed by atoms with Crippen molar-refractivity contribution in [2.45, 2.75) is 19.8 Å². The molecule has 1 aliphatic heterocycles. The molecular weight excluding hydrogens is 256 g/mol. The molecule has 2 heterocycles. The molecule has 6 nitrogen and oxygen atoms in total. The largest absolute Gasteiger partial charge is 0.383 e. The molecule has 1 amide bonds. The first kappa shape index (κ1) is 14.7. The van der Waals surface area contributed by atoms with Crippen LogP contribution >= 0.6 is 0 Å². The van der Waals surface area contributed by atoms with Crippen LogP contribution in [0, 0.1) is 5.92 Å². The lowest BCUT2D eigenvalue weighted by atomic mass is 9.99. The monoisotopic (exact) mass is 278 g/mol. The summed E-state index contributed by atoms with van der Waals surface area (Å²) in [4.78, 5) is 22.5. The van der Waals surface area contributed by atoms with Gasteiger partial charge in [-0.15, -0.1) is 0 Å². The van der Waals surface area contributed by atoms with Gasteiger partial charge in [-0.05, 0) is 18.8 Å². The quantitative estimate of drug-likeness (QED) is 0.817. The van der Waals surface area contributed by atoms with E-state index in [2.05, 4.69) is 27.1 Å². The fourth-order valence-corrected chi connectivity index (χ4v) is 2.20. The number of aromatic nitrogens is 2. The van der Waals surface area contributed by atoms with Gasteiger partial charge in [0.2, 0.25) is 0 Å². The fourth-order valence-electron chi connectivity index (χ4n) is 2.20. The van der Waals surface area contributed by atoms with Gasteiger partial charge in [-0.25, -0.2) is 9.97 Å². The second-order valence-electron chi connectivity index (χ2n) is 5.18. The summed E-state index contributed by atoms with van der Waals surface area (Å²) < 4.78 is 4.88. The molecule has 0 saturated carbocycles. The standard InChI is InChI=1S/C14H22N4O2/c1-11-3-6-18(7-4-11)13-10-16-12(9-17-13)14(19)15-5-8-20-2/h9-11H,3-8H2,1-2H3,(H,15,19). The first-order chi connectivity index (χ1) is 9.70. The molecule has 0 aliphatic carbocycles. The second kappa shape index (κ2) is 7.19. The molecule has 6 heteroatoms. The number of nitrogens with zero attached hydrogens (tertiary/aromatic N) is 3. The number of ether oxygens (including phenoxy) is 1. The third-order valence-corrected chi connectivity index (χ3v) is 3.57. The second-order valence-corrected chi connectivity index (χ2v) is 5.18. The molecule has 1 aromatic heterocycles. The Balaban J connectivity index is 1.90. The van der Waals surface area contributed by atoms with E-state index >= 15 is 0 Å². The number of carbonyl (C=O) groups excluding carboxylic acids is 1. The van der Waals surface area contributed by atoms with Crippen LogP contribution in [0.25, 0.3) is 0 Å². The van der Waals surface area contributed by atoms with Crippen molar-refractivity contribution in [1.29, 1.82) is 0 Å². The number of carbonyl (C=O) groups is 1. The molecule has 0 unspecified atom stereocenters. The summed E-state index contributed by atoms with van der Waals surface area (Å²) in [5.74, 6) is 1.42. The smallest absolute Gasteiger partial charge is 0.271 e. The molecule has 2 rings (SSSR count). The zero-order chi connectivity index (χ0) is 14.4. The van der Waals surface area contributed by atoms with Crippen molar-refractivity contribution in [3.8, 4) is 0 Å². The lowest BCUT2D eigenvalue weighted by Gasteiger charge is -2.30. The lowest BCUT2D eigenvalue weighted by Crippen LogP contribution is -2.33. The lowest BCUT2D eigenvalue weighted by molar-refractivity contribution is 0.0932. The summed E-state index contributed by atoms with van der Waals surface area (Å²) in [5, 5.41) is 2.72. The third kappa shape index (κ3) is 3.90. The Morgan fingerprint density at radius 2 is 2.15 bits per heavy atom. The van der Waals surface area contributed by atoms with Crippen LogP contribution in [0.5, 0.6) is 0 Å². The summed E-state index contributed by atoms with van der Waals surface area (Å²) in [7, 11) is 1.60. The highest BCUT2D eigenvalue weighted by atomic mass is 16.5. The number of amides is 1. The molecule has 0 bridgehead atoms. The Bertz CT molecular complexity index is 427. The molecule has 0 aromatic carbocycles. The maximum absolute atomic E-state index is 11.8. The zero-order valence-electron chi connectivity index (χ0n) is 12.1. The van der Waals surface area contributed by atoms with Gasteiger partial charge >= 0.3 is 0 Å². The average molecular weight is 278 g/mol. The van der Waals surface area contributed by atoms with Gasteiger partial charge in [0.1, 0.15) is 11.5 Å². The minimum Gasteiger partial charge on any atom is -0.383 e. The molecule has 0 atom stereocenters. The van der Waals surface area contributed by atoms with Crippen LogP contribution < -0.4 is 10.2 Å². The Morgan fingerprint density at radius 3 is 2.75 bits per heavy atom. The molecule has 1 aromatic rings. The Labute approximate surface area is 119 Å². The van der Waals surface area contributed by atoms with Gasteiger partial charge < -0.3 is 15.0 Å². The van der Waals surface area contributed by atoms with E-state index in [-0.39, 0.29) is 5.91 Å². The van der Waals surface area contributed by atoms with Crippen molar-refractivity contribution in [3.05, 3.63) is 18.1 Å². The number of anilines is 1. The van der Waals surface area contributed by atoms with Crippen molar-refractivity contribution >= 4 is 11.7 Å². The minimum atomic E-state index is -0.214. The Kier molecular flexibility index (Phi) is 5.29. The van der Waals surface area contributed by atoms with E-state index in [1.54, 1.807) is 13.3 Å². The Hall–Kier alpha value is -1.69. The number of methoxy groups -OCH3 is 1. The van der Waals surface area contributed by atoms with Gasteiger partial charge in [0, 0.05) is 26.7 Å². The SMILES string of the molecule is COCCNC(=O)c1cnc(N2CCC(C)CC2)cn1. The highest BCUT2D eigenvalue weighted by Gasteiger charge is 2.17. The van der Waals surface area contributed by atoms with Gasteiger partial charge in [0.15, 0.2) is 0 Å². The predicted octanol–water partition coefficient (Wildman–Crippen LogP) is 1.09. The normalized spacial score (nSPS) is 16.2. The van der Waals surface area contributed by atoms with E-state index in [9.17, 15) is 4.79 Å². The van der Waals surface area contributed by atoms with Crippen molar-refractivity contribution < 1.29 is 9.53 Å². The van der Waals surface area contributed by atoms with Crippen molar-refractivity contribution in [3.63, 3.8) is 0 Å². The number of nitrogens with one attached hydrogen (secondary N) is 1. The van der Waals surface area contributed by atoms with Crippen LogP contribution in [-0.2, 0) is 4.74 Å². The van der Waals surface area contributed by atoms with Crippen molar-refractivity contribution in [2.24, 2.45) is 5.92 Å². The molecule has 0 radical (unpaired) electrons. The average Bonchev–Trinajstić information content (AvgIpc) is 2.48. The van der Waals surface area contributed by atoms with Crippen LogP contribution in [-0.4, -0.2) is 49.2 Å².